The number of ether oxygens (including phenoxy) is 1. The Morgan fingerprint density at radius 2 is 2.08 bits per heavy atom. The molecule has 4 rings (SSSR count). The Bertz CT molecular complexity index is 842. The first-order valence-corrected chi connectivity index (χ1v) is 8.34. The number of rotatable bonds is 3. The number of morpholine rings is 1. The van der Waals surface area contributed by atoms with Crippen molar-refractivity contribution in [3.63, 3.8) is 0 Å². The number of hydrogen-bond acceptors (Lipinski definition) is 5. The van der Waals surface area contributed by atoms with Gasteiger partial charge in [0.25, 0.3) is 0 Å². The minimum Gasteiger partial charge on any atom is -0.379 e. The molecule has 1 aromatic heterocycles. The number of carbonyl (C=O) groups is 1. The van der Waals surface area contributed by atoms with E-state index in [9.17, 15) is 4.79 Å². The van der Waals surface area contributed by atoms with Crippen molar-refractivity contribution in [1.29, 1.82) is 5.26 Å². The van der Waals surface area contributed by atoms with E-state index in [-0.39, 0.29) is 18.3 Å². The average molecular weight is 371 g/mol. The van der Waals surface area contributed by atoms with Crippen molar-refractivity contribution in [1.82, 2.24) is 9.88 Å². The van der Waals surface area contributed by atoms with Crippen molar-refractivity contribution < 1.29 is 9.53 Å². The molecular formula is C19H19ClN4O2. The van der Waals surface area contributed by atoms with Gasteiger partial charge in [0.2, 0.25) is 5.91 Å². The number of nitriles is 1. The van der Waals surface area contributed by atoms with Crippen LogP contribution in [-0.2, 0) is 16.1 Å². The molecule has 26 heavy (non-hydrogen) atoms. The summed E-state index contributed by atoms with van der Waals surface area (Å²) in [7, 11) is 0. The van der Waals surface area contributed by atoms with Gasteiger partial charge in [-0.3, -0.25) is 14.7 Å². The van der Waals surface area contributed by atoms with Crippen molar-refractivity contribution in [3.05, 3.63) is 58.9 Å². The molecule has 0 saturated carbocycles. The zero-order chi connectivity index (χ0) is 17.2. The molecule has 2 aromatic rings. The number of hydrogen-bond donors (Lipinski definition) is 1. The van der Waals surface area contributed by atoms with Crippen LogP contribution in [0.3, 0.4) is 0 Å². The second-order valence-electron chi connectivity index (χ2n) is 6.32. The summed E-state index contributed by atoms with van der Waals surface area (Å²) in [5, 5.41) is 11.8. The second-order valence-corrected chi connectivity index (χ2v) is 6.32. The maximum absolute atomic E-state index is 12.4. The van der Waals surface area contributed by atoms with Crippen molar-refractivity contribution >= 4 is 24.0 Å². The van der Waals surface area contributed by atoms with Crippen LogP contribution in [0.2, 0.25) is 0 Å². The third kappa shape index (κ3) is 3.56. The van der Waals surface area contributed by atoms with Gasteiger partial charge in [-0.25, -0.2) is 0 Å². The number of anilines is 1. The van der Waals surface area contributed by atoms with Crippen LogP contribution in [-0.4, -0.2) is 42.1 Å². The van der Waals surface area contributed by atoms with Crippen molar-refractivity contribution in [2.24, 2.45) is 0 Å². The van der Waals surface area contributed by atoms with Crippen LogP contribution >= 0.6 is 12.4 Å². The number of benzene rings is 1. The van der Waals surface area contributed by atoms with Crippen LogP contribution in [0.25, 0.3) is 0 Å². The van der Waals surface area contributed by atoms with Gasteiger partial charge in [-0.2, -0.15) is 5.26 Å². The highest BCUT2D eigenvalue weighted by atomic mass is 35.5. The summed E-state index contributed by atoms with van der Waals surface area (Å²) in [6.07, 6.45) is 1.85. The topological polar surface area (TPSA) is 78.2 Å². The second kappa shape index (κ2) is 7.83. The van der Waals surface area contributed by atoms with E-state index in [1.54, 1.807) is 12.1 Å². The molecule has 0 radical (unpaired) electrons. The summed E-state index contributed by atoms with van der Waals surface area (Å²) in [6, 6.07) is 11.3. The van der Waals surface area contributed by atoms with Crippen molar-refractivity contribution in [3.8, 4) is 6.07 Å². The summed E-state index contributed by atoms with van der Waals surface area (Å²) in [5.74, 6) is -0.515. The highest BCUT2D eigenvalue weighted by Crippen LogP contribution is 2.36. The van der Waals surface area contributed by atoms with Gasteiger partial charge in [0.1, 0.15) is 5.92 Å². The van der Waals surface area contributed by atoms with Crippen molar-refractivity contribution in [2.75, 3.05) is 31.6 Å². The Labute approximate surface area is 158 Å². The number of aromatic nitrogens is 1. The molecule has 0 aliphatic carbocycles. The third-order valence-corrected chi connectivity index (χ3v) is 4.67. The van der Waals surface area contributed by atoms with Gasteiger partial charge in [-0.15, -0.1) is 12.4 Å². The first-order valence-electron chi connectivity index (χ1n) is 8.34. The molecule has 2 aliphatic heterocycles. The highest BCUT2D eigenvalue weighted by molar-refractivity contribution is 6.04. The zero-order valence-electron chi connectivity index (χ0n) is 14.1. The first-order chi connectivity index (χ1) is 12.2. The van der Waals surface area contributed by atoms with E-state index in [4.69, 9.17) is 10.00 Å². The van der Waals surface area contributed by atoms with Crippen LogP contribution in [0.15, 0.2) is 36.5 Å². The number of halogens is 1. The SMILES string of the molecule is Cl.N#Cc1ccc2c(c1)NC(=O)C2c1ccc(CN2CCOCC2)cn1. The summed E-state index contributed by atoms with van der Waals surface area (Å²) < 4.78 is 5.36. The van der Waals surface area contributed by atoms with E-state index in [0.717, 1.165) is 49.7 Å². The molecule has 0 bridgehead atoms. The Hall–Kier alpha value is -2.46. The van der Waals surface area contributed by atoms with E-state index in [0.29, 0.717) is 11.3 Å². The van der Waals surface area contributed by atoms with Gasteiger partial charge in [-0.05, 0) is 29.3 Å². The standard InChI is InChI=1S/C19H18N4O2.ClH/c20-10-13-1-3-15-17(9-13)22-19(24)18(15)16-4-2-14(11-21-16)12-23-5-7-25-8-6-23;/h1-4,9,11,18H,5-8,12H2,(H,22,24);1H. The predicted octanol–water partition coefficient (Wildman–Crippen LogP) is 2.29. The van der Waals surface area contributed by atoms with Gasteiger partial charge in [0.15, 0.2) is 0 Å². The molecule has 6 nitrogen and oxygen atoms in total. The molecule has 1 aromatic carbocycles. The lowest BCUT2D eigenvalue weighted by molar-refractivity contribution is -0.116. The number of nitrogens with one attached hydrogen (secondary N) is 1. The molecule has 1 fully saturated rings. The van der Waals surface area contributed by atoms with Gasteiger partial charge in [0.05, 0.1) is 30.5 Å². The van der Waals surface area contributed by atoms with Crippen LogP contribution in [0.5, 0.6) is 0 Å². The highest BCUT2D eigenvalue weighted by Gasteiger charge is 2.33. The van der Waals surface area contributed by atoms with Crippen LogP contribution < -0.4 is 5.32 Å². The minimum absolute atomic E-state index is 0. The predicted molar refractivity (Wildman–Crippen MR) is 99.2 cm³/mol. The molecule has 0 spiro atoms. The number of pyridine rings is 1. The van der Waals surface area contributed by atoms with E-state index in [1.165, 1.54) is 0 Å². The fraction of sp³-hybridized carbons (Fsp3) is 0.316. The number of nitrogens with zero attached hydrogens (tertiary/aromatic N) is 3. The molecule has 2 aliphatic rings. The minimum atomic E-state index is -0.417. The van der Waals surface area contributed by atoms with Crippen LogP contribution in [0, 0.1) is 11.3 Å². The van der Waals surface area contributed by atoms with Gasteiger partial charge in [0, 0.05) is 31.5 Å². The van der Waals surface area contributed by atoms with Crippen LogP contribution in [0.1, 0.15) is 28.3 Å². The largest absolute Gasteiger partial charge is 0.379 e. The van der Waals surface area contributed by atoms with E-state index < -0.39 is 5.92 Å². The first kappa shape index (κ1) is 18.3. The Morgan fingerprint density at radius 1 is 1.27 bits per heavy atom. The summed E-state index contributed by atoms with van der Waals surface area (Å²) in [6.45, 7) is 4.25. The summed E-state index contributed by atoms with van der Waals surface area (Å²) in [5.41, 5.74) is 3.97. The molecule has 3 heterocycles. The third-order valence-electron chi connectivity index (χ3n) is 4.67. The maximum atomic E-state index is 12.4. The number of carbonyl (C=O) groups excluding carboxylic acids is 1. The van der Waals surface area contributed by atoms with Crippen molar-refractivity contribution in [2.45, 2.75) is 12.5 Å². The molecule has 1 saturated heterocycles. The lowest BCUT2D eigenvalue weighted by Crippen LogP contribution is -2.35. The van der Waals surface area contributed by atoms with Gasteiger partial charge < -0.3 is 10.1 Å². The monoisotopic (exact) mass is 370 g/mol. The lowest BCUT2D eigenvalue weighted by atomic mass is 9.95. The van der Waals surface area contributed by atoms with E-state index in [2.05, 4.69) is 21.3 Å². The molecule has 134 valence electrons. The molecule has 1 N–H and O–H groups in total. The van der Waals surface area contributed by atoms with E-state index >= 15 is 0 Å². The molecular weight excluding hydrogens is 352 g/mol. The molecule has 1 amide bonds. The zero-order valence-corrected chi connectivity index (χ0v) is 15.0. The van der Waals surface area contributed by atoms with E-state index in [1.807, 2.05) is 24.4 Å². The van der Waals surface area contributed by atoms with Gasteiger partial charge >= 0.3 is 0 Å². The lowest BCUT2D eigenvalue weighted by Gasteiger charge is -2.26. The maximum Gasteiger partial charge on any atom is 0.238 e. The Morgan fingerprint density at radius 3 is 2.77 bits per heavy atom. The number of fused-ring (bicyclic) bond motifs is 1. The fourth-order valence-corrected chi connectivity index (χ4v) is 3.34. The summed E-state index contributed by atoms with van der Waals surface area (Å²) >= 11 is 0. The average Bonchev–Trinajstić information content (AvgIpc) is 2.98. The Balaban J connectivity index is 0.00000196. The molecule has 1 atom stereocenters. The fourth-order valence-electron chi connectivity index (χ4n) is 3.34. The quantitative estimate of drug-likeness (QED) is 0.896. The van der Waals surface area contributed by atoms with Crippen LogP contribution in [0.4, 0.5) is 5.69 Å². The normalized spacial score (nSPS) is 19.2. The number of amides is 1. The van der Waals surface area contributed by atoms with Gasteiger partial charge in [-0.1, -0.05) is 12.1 Å². The smallest absolute Gasteiger partial charge is 0.238 e. The summed E-state index contributed by atoms with van der Waals surface area (Å²) in [4.78, 5) is 19.2. The molecule has 7 heteroatoms. The molecule has 1 unspecified atom stereocenters. The Kier molecular flexibility index (Phi) is 5.52.